The second-order valence-corrected chi connectivity index (χ2v) is 5.38. The van der Waals surface area contributed by atoms with Gasteiger partial charge >= 0.3 is 0 Å². The summed E-state index contributed by atoms with van der Waals surface area (Å²) in [7, 11) is 0. The van der Waals surface area contributed by atoms with Crippen molar-refractivity contribution in [2.75, 3.05) is 11.9 Å². The molecule has 0 bridgehead atoms. The van der Waals surface area contributed by atoms with Gasteiger partial charge in [0.15, 0.2) is 0 Å². The normalized spacial score (nSPS) is 19.6. The molecule has 3 nitrogen and oxygen atoms in total. The summed E-state index contributed by atoms with van der Waals surface area (Å²) >= 11 is 0. The number of carbonyl (C=O) groups excluding carboxylic acids is 1. The molecular formula is C15H20N2O. The maximum atomic E-state index is 12.1. The molecule has 2 N–H and O–H groups in total. The Balaban J connectivity index is 1.70. The summed E-state index contributed by atoms with van der Waals surface area (Å²) in [5.74, 6) is 0.440. The van der Waals surface area contributed by atoms with Crippen molar-refractivity contribution in [2.45, 2.75) is 38.6 Å². The summed E-state index contributed by atoms with van der Waals surface area (Å²) in [5, 5.41) is 6.43. The Morgan fingerprint density at radius 1 is 1.22 bits per heavy atom. The van der Waals surface area contributed by atoms with Crippen molar-refractivity contribution < 1.29 is 4.79 Å². The molecule has 1 heterocycles. The smallest absolute Gasteiger partial charge is 0.227 e. The number of anilines is 1. The maximum absolute atomic E-state index is 12.1. The van der Waals surface area contributed by atoms with E-state index in [-0.39, 0.29) is 11.8 Å². The average molecular weight is 244 g/mol. The van der Waals surface area contributed by atoms with E-state index in [1.165, 1.54) is 24.0 Å². The first-order valence-corrected chi connectivity index (χ1v) is 6.96. The van der Waals surface area contributed by atoms with E-state index in [1.807, 2.05) is 6.07 Å². The topological polar surface area (TPSA) is 41.1 Å². The second-order valence-electron chi connectivity index (χ2n) is 5.38. The predicted octanol–water partition coefficient (Wildman–Crippen LogP) is 2.46. The van der Waals surface area contributed by atoms with Crippen LogP contribution in [-0.2, 0) is 17.8 Å². The number of hydrogen-bond donors (Lipinski definition) is 2. The molecule has 0 aromatic heterocycles. The largest absolute Gasteiger partial charge is 0.326 e. The second kappa shape index (κ2) is 5.11. The number of amides is 1. The van der Waals surface area contributed by atoms with E-state index < -0.39 is 0 Å². The average Bonchev–Trinajstić information content (AvgIpc) is 2.92. The van der Waals surface area contributed by atoms with Crippen molar-refractivity contribution in [3.8, 4) is 0 Å². The van der Waals surface area contributed by atoms with Crippen LogP contribution in [0.2, 0.25) is 0 Å². The lowest BCUT2D eigenvalue weighted by Gasteiger charge is -2.18. The first kappa shape index (κ1) is 11.7. The Morgan fingerprint density at radius 3 is 2.89 bits per heavy atom. The fraction of sp³-hybridized carbons (Fsp3) is 0.533. The molecule has 1 aromatic rings. The van der Waals surface area contributed by atoms with E-state index >= 15 is 0 Å². The molecule has 3 rings (SSSR count). The minimum absolute atomic E-state index is 0.205. The number of nitrogens with one attached hydrogen (secondary N) is 2. The first-order valence-electron chi connectivity index (χ1n) is 6.96. The third kappa shape index (κ3) is 2.41. The Kier molecular flexibility index (Phi) is 3.33. The Bertz CT molecular complexity index is 450. The van der Waals surface area contributed by atoms with Crippen molar-refractivity contribution in [1.29, 1.82) is 0 Å². The zero-order valence-corrected chi connectivity index (χ0v) is 10.7. The van der Waals surface area contributed by atoms with Crippen LogP contribution in [-0.4, -0.2) is 12.5 Å². The van der Waals surface area contributed by atoms with Gasteiger partial charge in [-0.25, -0.2) is 0 Å². The lowest BCUT2D eigenvalue weighted by atomic mass is 10.00. The molecule has 0 spiro atoms. The summed E-state index contributed by atoms with van der Waals surface area (Å²) in [6.45, 7) is 1.98. The SMILES string of the molecule is O=C(Nc1ccc2c(c1)CNCC2)C1CCCC1. The van der Waals surface area contributed by atoms with E-state index in [2.05, 4.69) is 22.8 Å². The molecule has 1 aliphatic carbocycles. The van der Waals surface area contributed by atoms with Gasteiger partial charge in [0, 0.05) is 18.2 Å². The Hall–Kier alpha value is -1.35. The van der Waals surface area contributed by atoms with Gasteiger partial charge in [0.2, 0.25) is 5.91 Å². The highest BCUT2D eigenvalue weighted by molar-refractivity contribution is 5.92. The molecule has 18 heavy (non-hydrogen) atoms. The van der Waals surface area contributed by atoms with Crippen LogP contribution in [0, 0.1) is 5.92 Å². The summed E-state index contributed by atoms with van der Waals surface area (Å²) in [6, 6.07) is 6.31. The monoisotopic (exact) mass is 244 g/mol. The van der Waals surface area contributed by atoms with Gasteiger partial charge in [0.25, 0.3) is 0 Å². The third-order valence-electron chi connectivity index (χ3n) is 4.09. The van der Waals surface area contributed by atoms with E-state index in [0.717, 1.165) is 38.0 Å². The van der Waals surface area contributed by atoms with Gasteiger partial charge in [-0.05, 0) is 49.1 Å². The maximum Gasteiger partial charge on any atom is 0.227 e. The number of hydrogen-bond acceptors (Lipinski definition) is 2. The summed E-state index contributed by atoms with van der Waals surface area (Å²) in [6.07, 6.45) is 5.60. The minimum atomic E-state index is 0.205. The minimum Gasteiger partial charge on any atom is -0.326 e. The van der Waals surface area contributed by atoms with E-state index in [4.69, 9.17) is 0 Å². The molecule has 1 fully saturated rings. The van der Waals surface area contributed by atoms with Crippen LogP contribution in [0.25, 0.3) is 0 Å². The molecule has 1 amide bonds. The molecule has 0 atom stereocenters. The van der Waals surface area contributed by atoms with Crippen LogP contribution in [0.15, 0.2) is 18.2 Å². The van der Waals surface area contributed by atoms with Crippen LogP contribution in [0.1, 0.15) is 36.8 Å². The molecule has 3 heteroatoms. The van der Waals surface area contributed by atoms with Crippen molar-refractivity contribution >= 4 is 11.6 Å². The molecule has 0 saturated heterocycles. The van der Waals surface area contributed by atoms with Gasteiger partial charge in [-0.15, -0.1) is 0 Å². The highest BCUT2D eigenvalue weighted by atomic mass is 16.1. The lowest BCUT2D eigenvalue weighted by molar-refractivity contribution is -0.119. The summed E-state index contributed by atoms with van der Waals surface area (Å²) in [4.78, 5) is 12.1. The number of fused-ring (bicyclic) bond motifs is 1. The quantitative estimate of drug-likeness (QED) is 0.839. The van der Waals surface area contributed by atoms with Gasteiger partial charge in [0.1, 0.15) is 0 Å². The molecule has 0 radical (unpaired) electrons. The first-order chi connectivity index (χ1) is 8.83. The zero-order chi connectivity index (χ0) is 12.4. The van der Waals surface area contributed by atoms with Crippen molar-refractivity contribution in [2.24, 2.45) is 5.92 Å². The predicted molar refractivity (Wildman–Crippen MR) is 72.4 cm³/mol. The number of carbonyl (C=O) groups is 1. The van der Waals surface area contributed by atoms with E-state index in [1.54, 1.807) is 0 Å². The Morgan fingerprint density at radius 2 is 2.06 bits per heavy atom. The number of benzene rings is 1. The highest BCUT2D eigenvalue weighted by Gasteiger charge is 2.22. The zero-order valence-electron chi connectivity index (χ0n) is 10.7. The molecular weight excluding hydrogens is 224 g/mol. The summed E-state index contributed by atoms with van der Waals surface area (Å²) < 4.78 is 0. The van der Waals surface area contributed by atoms with Gasteiger partial charge < -0.3 is 10.6 Å². The Labute approximate surface area is 108 Å². The van der Waals surface area contributed by atoms with Crippen LogP contribution >= 0.6 is 0 Å². The molecule has 1 aliphatic heterocycles. The molecule has 96 valence electrons. The third-order valence-corrected chi connectivity index (χ3v) is 4.09. The van der Waals surface area contributed by atoms with Gasteiger partial charge in [-0.2, -0.15) is 0 Å². The van der Waals surface area contributed by atoms with Gasteiger partial charge in [-0.3, -0.25) is 4.79 Å². The molecule has 1 saturated carbocycles. The van der Waals surface area contributed by atoms with E-state index in [9.17, 15) is 4.79 Å². The van der Waals surface area contributed by atoms with Crippen LogP contribution in [0.4, 0.5) is 5.69 Å². The van der Waals surface area contributed by atoms with Crippen molar-refractivity contribution in [1.82, 2.24) is 5.32 Å². The number of rotatable bonds is 2. The molecule has 2 aliphatic rings. The van der Waals surface area contributed by atoms with Crippen LogP contribution in [0.5, 0.6) is 0 Å². The van der Waals surface area contributed by atoms with Crippen molar-refractivity contribution in [3.63, 3.8) is 0 Å². The standard InChI is InChI=1S/C15H20N2O/c18-15(12-3-1-2-4-12)17-14-6-5-11-7-8-16-10-13(11)9-14/h5-6,9,12,16H,1-4,7-8,10H2,(H,17,18). The van der Waals surface area contributed by atoms with Gasteiger partial charge in [-0.1, -0.05) is 18.9 Å². The van der Waals surface area contributed by atoms with Gasteiger partial charge in [0.05, 0.1) is 0 Å². The fourth-order valence-electron chi connectivity index (χ4n) is 2.99. The fourth-order valence-corrected chi connectivity index (χ4v) is 2.99. The van der Waals surface area contributed by atoms with Crippen molar-refractivity contribution in [3.05, 3.63) is 29.3 Å². The molecule has 0 unspecified atom stereocenters. The lowest BCUT2D eigenvalue weighted by Crippen LogP contribution is -2.24. The summed E-state index contributed by atoms with van der Waals surface area (Å²) in [5.41, 5.74) is 3.69. The highest BCUT2D eigenvalue weighted by Crippen LogP contribution is 2.26. The van der Waals surface area contributed by atoms with E-state index in [0.29, 0.717) is 0 Å². The van der Waals surface area contributed by atoms with Crippen LogP contribution < -0.4 is 10.6 Å². The molecule has 1 aromatic carbocycles. The van der Waals surface area contributed by atoms with Crippen LogP contribution in [0.3, 0.4) is 0 Å².